The summed E-state index contributed by atoms with van der Waals surface area (Å²) in [4.78, 5) is 53.6. The minimum atomic E-state index is -6.29. The van der Waals surface area contributed by atoms with Crippen LogP contribution in [0, 0.1) is 0 Å². The average Bonchev–Trinajstić information content (AvgIpc) is 3.75. The van der Waals surface area contributed by atoms with Crippen LogP contribution in [-0.4, -0.2) is 64.5 Å². The minimum Gasteiger partial charge on any atom is -0.476 e. The lowest BCUT2D eigenvalue weighted by Gasteiger charge is -2.49. The SMILES string of the molecule is O=C(O)C1=C(OS(=O)(=O)C(F)(F)F)CCC2C(NC(=O)C(=NOC(c3ccccc3)(c3ccccc3)c3ccccc3)c3nc(NC(c4ccccc4)(c4ccccc4)c4ccccc4)sc3Cl)C(=O)N12. The zero-order valence-corrected chi connectivity index (χ0v) is 39.3. The number of aliphatic carboxylic acids is 1. The minimum absolute atomic E-state index is 0.0270. The number of carbonyl (C=O) groups excluding carboxylic acids is 2. The van der Waals surface area contributed by atoms with Gasteiger partial charge in [0.05, 0.1) is 6.04 Å². The number of thiazole rings is 1. The number of halogens is 4. The molecule has 71 heavy (non-hydrogen) atoms. The molecule has 1 saturated heterocycles. The van der Waals surface area contributed by atoms with E-state index < -0.39 is 80.2 Å². The Kier molecular flexibility index (Phi) is 13.3. The molecular weight excluding hydrogens is 979 g/mol. The number of rotatable bonds is 16. The van der Waals surface area contributed by atoms with E-state index in [4.69, 9.17) is 21.4 Å². The number of β-lactam (4-membered cyclic amide) rings is 1. The molecule has 0 bridgehead atoms. The molecule has 0 spiro atoms. The molecule has 0 saturated carbocycles. The number of carboxylic acids is 1. The molecular formula is C52H39ClF3N5O8S2. The van der Waals surface area contributed by atoms with Gasteiger partial charge in [0.25, 0.3) is 11.8 Å². The van der Waals surface area contributed by atoms with Crippen LogP contribution in [0.15, 0.2) is 199 Å². The number of allylic oxidation sites excluding steroid dienone is 1. The van der Waals surface area contributed by atoms with Gasteiger partial charge >= 0.3 is 21.6 Å². The van der Waals surface area contributed by atoms with E-state index in [-0.39, 0.29) is 21.6 Å². The van der Waals surface area contributed by atoms with Gasteiger partial charge in [-0.15, -0.1) is 0 Å². The summed E-state index contributed by atoms with van der Waals surface area (Å²) >= 11 is 8.14. The quantitative estimate of drug-likeness (QED) is 0.0211. The monoisotopic (exact) mass is 1020 g/mol. The molecule has 3 N–H and O–H groups in total. The molecule has 3 heterocycles. The van der Waals surface area contributed by atoms with E-state index in [1.807, 2.05) is 182 Å². The van der Waals surface area contributed by atoms with Gasteiger partial charge in [-0.2, -0.15) is 21.6 Å². The molecule has 1 aromatic heterocycles. The van der Waals surface area contributed by atoms with E-state index in [0.717, 1.165) is 28.0 Å². The first-order valence-corrected chi connectivity index (χ1v) is 24.4. The number of fused-ring (bicyclic) bond motifs is 1. The summed E-state index contributed by atoms with van der Waals surface area (Å²) in [5, 5.41) is 21.2. The van der Waals surface area contributed by atoms with Gasteiger partial charge in [0, 0.05) is 23.1 Å². The van der Waals surface area contributed by atoms with E-state index in [1.165, 1.54) is 0 Å². The molecule has 2 amide bonds. The van der Waals surface area contributed by atoms with E-state index in [2.05, 4.69) is 20.0 Å². The van der Waals surface area contributed by atoms with Gasteiger partial charge in [-0.3, -0.25) is 14.5 Å². The number of amides is 2. The lowest BCUT2D eigenvalue weighted by Crippen LogP contribution is -2.72. The van der Waals surface area contributed by atoms with Gasteiger partial charge in [-0.05, 0) is 23.1 Å². The second kappa shape index (κ2) is 19.5. The van der Waals surface area contributed by atoms with Crippen LogP contribution in [0.2, 0.25) is 4.34 Å². The van der Waals surface area contributed by atoms with Gasteiger partial charge in [-0.25, -0.2) is 9.78 Å². The van der Waals surface area contributed by atoms with Crippen molar-refractivity contribution in [3.8, 4) is 0 Å². The largest absolute Gasteiger partial charge is 0.534 e. The standard InChI is InChI=1S/C52H39ClF3N5O8S2/c53-45-42(58-49(70-45)59-50(33-19-7-1-8-20-33,34-21-9-2-10-22-34)35-23-11-3-12-24-35)43(60-69-51(36-25-13-4-14-26-36,37-27-15-5-16-28-37)38-29-17-6-18-30-38)46(62)57-41-39-31-32-40(68-71(66,67)52(54,55)56)44(48(64)65)61(39)47(41)63/h1-30,39,41H,31-32H2,(H,57,62)(H,58,59)(H,64,65). The third kappa shape index (κ3) is 9.01. The number of carboxylic acid groups (broad SMARTS) is 1. The van der Waals surface area contributed by atoms with Crippen LogP contribution in [0.3, 0.4) is 0 Å². The van der Waals surface area contributed by atoms with Crippen molar-refractivity contribution in [2.75, 3.05) is 5.32 Å². The molecule has 2 aliphatic rings. The second-order valence-electron chi connectivity index (χ2n) is 16.3. The van der Waals surface area contributed by atoms with Crippen molar-refractivity contribution < 1.29 is 50.1 Å². The molecule has 2 aliphatic heterocycles. The zero-order valence-electron chi connectivity index (χ0n) is 36.9. The Morgan fingerprint density at radius 2 is 1.14 bits per heavy atom. The number of nitrogens with zero attached hydrogens (tertiary/aromatic N) is 3. The molecule has 0 radical (unpaired) electrons. The van der Waals surface area contributed by atoms with Crippen molar-refractivity contribution >= 4 is 61.7 Å². The summed E-state index contributed by atoms with van der Waals surface area (Å²) in [7, 11) is -6.29. The number of benzene rings is 6. The lowest BCUT2D eigenvalue weighted by atomic mass is 9.77. The average molecular weight is 1020 g/mol. The first-order chi connectivity index (χ1) is 34.2. The van der Waals surface area contributed by atoms with Gasteiger partial charge in [-0.1, -0.05) is 210 Å². The first-order valence-electron chi connectivity index (χ1n) is 21.8. The van der Waals surface area contributed by atoms with Crippen LogP contribution in [0.1, 0.15) is 51.9 Å². The van der Waals surface area contributed by atoms with Crippen molar-refractivity contribution in [3.63, 3.8) is 0 Å². The number of alkyl halides is 3. The lowest BCUT2D eigenvalue weighted by molar-refractivity contribution is -0.156. The van der Waals surface area contributed by atoms with Crippen LogP contribution in [0.4, 0.5) is 18.3 Å². The van der Waals surface area contributed by atoms with Crippen molar-refractivity contribution in [1.82, 2.24) is 15.2 Å². The summed E-state index contributed by atoms with van der Waals surface area (Å²) < 4.78 is 68.1. The zero-order chi connectivity index (χ0) is 50.0. The fraction of sp³-hybridized carbons (Fsp3) is 0.135. The van der Waals surface area contributed by atoms with E-state index in [1.54, 1.807) is 0 Å². The Labute approximate surface area is 414 Å². The van der Waals surface area contributed by atoms with Crippen LogP contribution >= 0.6 is 22.9 Å². The molecule has 2 atom stereocenters. The van der Waals surface area contributed by atoms with Gasteiger partial charge < -0.3 is 24.8 Å². The van der Waals surface area contributed by atoms with E-state index in [0.29, 0.717) is 21.6 Å². The van der Waals surface area contributed by atoms with Crippen LogP contribution < -0.4 is 10.6 Å². The maximum atomic E-state index is 15.0. The molecule has 7 aromatic rings. The fourth-order valence-corrected chi connectivity index (χ4v) is 10.5. The normalized spacial score (nSPS) is 16.4. The van der Waals surface area contributed by atoms with Crippen molar-refractivity contribution in [3.05, 3.63) is 237 Å². The number of carbonyl (C=O) groups is 3. The molecule has 9 rings (SSSR count). The van der Waals surface area contributed by atoms with E-state index >= 15 is 4.79 Å². The van der Waals surface area contributed by atoms with Crippen molar-refractivity contribution in [2.24, 2.45) is 5.16 Å². The Bertz CT molecular complexity index is 3070. The highest BCUT2D eigenvalue weighted by Gasteiger charge is 2.57. The van der Waals surface area contributed by atoms with Crippen molar-refractivity contribution in [1.29, 1.82) is 0 Å². The summed E-state index contributed by atoms with van der Waals surface area (Å²) in [5.74, 6) is -5.15. The Balaban J connectivity index is 1.17. The van der Waals surface area contributed by atoms with Crippen LogP contribution in [0.5, 0.6) is 0 Å². The molecule has 2 unspecified atom stereocenters. The predicted molar refractivity (Wildman–Crippen MR) is 259 cm³/mol. The first kappa shape index (κ1) is 48.2. The topological polar surface area (TPSA) is 177 Å². The number of hydrogen-bond acceptors (Lipinski definition) is 11. The Hall–Kier alpha value is -7.80. The molecule has 1 fully saturated rings. The highest BCUT2D eigenvalue weighted by atomic mass is 35.5. The molecule has 360 valence electrons. The predicted octanol–water partition coefficient (Wildman–Crippen LogP) is 9.57. The highest BCUT2D eigenvalue weighted by Crippen LogP contribution is 2.45. The van der Waals surface area contributed by atoms with Gasteiger partial charge in [0.15, 0.2) is 22.3 Å². The summed E-state index contributed by atoms with van der Waals surface area (Å²) in [6, 6.07) is 53.7. The van der Waals surface area contributed by atoms with Crippen LogP contribution in [-0.2, 0) is 44.7 Å². The molecule has 13 nitrogen and oxygen atoms in total. The Morgan fingerprint density at radius 3 is 1.55 bits per heavy atom. The molecule has 19 heteroatoms. The number of aromatic nitrogens is 1. The van der Waals surface area contributed by atoms with Gasteiger partial charge in [0.2, 0.25) is 5.60 Å². The number of oxime groups is 1. The smallest absolute Gasteiger partial charge is 0.476 e. The fourth-order valence-electron chi connectivity index (χ4n) is 8.92. The van der Waals surface area contributed by atoms with Crippen LogP contribution in [0.25, 0.3) is 0 Å². The highest BCUT2D eigenvalue weighted by molar-refractivity contribution is 7.87. The van der Waals surface area contributed by atoms with Crippen molar-refractivity contribution in [2.45, 2.75) is 41.6 Å². The number of hydrogen-bond donors (Lipinski definition) is 3. The molecule has 0 aliphatic carbocycles. The summed E-state index contributed by atoms with van der Waals surface area (Å²) in [6.07, 6.45) is -0.946. The third-order valence-corrected chi connectivity index (χ3v) is 14.3. The summed E-state index contributed by atoms with van der Waals surface area (Å²) in [6.45, 7) is 0. The summed E-state index contributed by atoms with van der Waals surface area (Å²) in [5.41, 5.74) is -5.99. The Morgan fingerprint density at radius 1 is 0.718 bits per heavy atom. The number of anilines is 1. The third-order valence-electron chi connectivity index (χ3n) is 12.1. The second-order valence-corrected chi connectivity index (χ2v) is 19.4. The van der Waals surface area contributed by atoms with E-state index in [9.17, 15) is 36.3 Å². The molecule has 6 aromatic carbocycles. The van der Waals surface area contributed by atoms with Gasteiger partial charge in [0.1, 0.15) is 21.6 Å². The number of nitrogens with one attached hydrogen (secondary N) is 2. The maximum absolute atomic E-state index is 15.0. The maximum Gasteiger partial charge on any atom is 0.534 e.